The molecule has 0 aliphatic rings. The first-order valence-corrected chi connectivity index (χ1v) is 5.84. The van der Waals surface area contributed by atoms with Crippen molar-refractivity contribution < 1.29 is 18.0 Å². The van der Waals surface area contributed by atoms with E-state index < -0.39 is 23.2 Å². The van der Waals surface area contributed by atoms with Crippen LogP contribution in [0.5, 0.6) is 0 Å². The van der Waals surface area contributed by atoms with Gasteiger partial charge in [-0.1, -0.05) is 30.3 Å². The fourth-order valence-electron chi connectivity index (χ4n) is 1.89. The van der Waals surface area contributed by atoms with Crippen molar-refractivity contribution in [2.45, 2.75) is 6.18 Å². The number of ketones is 1. The number of carbonyl (C=O) groups excluding carboxylic acids is 1. The normalized spacial score (nSPS) is 11.8. The topological polar surface area (TPSA) is 60.2 Å². The molecular weight excluding hydrogens is 285 g/mol. The minimum Gasteiger partial charge on any atom is -0.288 e. The molecule has 0 bridgehead atoms. The highest BCUT2D eigenvalue weighted by atomic mass is 19.4. The summed E-state index contributed by atoms with van der Waals surface area (Å²) in [6, 6.07) is 7.69. The van der Waals surface area contributed by atoms with Gasteiger partial charge in [0, 0.05) is 11.8 Å². The number of nitrogens with zero attached hydrogens (tertiary/aromatic N) is 4. The fraction of sp³-hybridized carbons (Fsp3) is 0.0769. The lowest BCUT2D eigenvalue weighted by molar-refractivity contribution is -0.141. The number of hydrogen-bond acceptors (Lipinski definition) is 4. The lowest BCUT2D eigenvalue weighted by Crippen LogP contribution is -2.18. The maximum atomic E-state index is 13.1. The molecule has 1 aromatic carbocycles. The molecule has 0 radical (unpaired) electrons. The number of hydrogen-bond donors (Lipinski definition) is 0. The standard InChI is InChI=1S/C13H7F3N4O/c14-13(15,16)11-9(6-20-12(19-11)17-7-18-20)10(21)8-4-2-1-3-5-8/h1-7H. The molecule has 0 aliphatic carbocycles. The Hall–Kier alpha value is -2.77. The third kappa shape index (κ3) is 2.35. The van der Waals surface area contributed by atoms with Gasteiger partial charge >= 0.3 is 6.18 Å². The van der Waals surface area contributed by atoms with Gasteiger partial charge in [-0.3, -0.25) is 4.79 Å². The van der Waals surface area contributed by atoms with Gasteiger partial charge in [0.2, 0.25) is 0 Å². The lowest BCUT2D eigenvalue weighted by Gasteiger charge is -2.11. The van der Waals surface area contributed by atoms with Crippen molar-refractivity contribution in [1.29, 1.82) is 0 Å². The molecule has 21 heavy (non-hydrogen) atoms. The van der Waals surface area contributed by atoms with Crippen LogP contribution >= 0.6 is 0 Å². The van der Waals surface area contributed by atoms with Crippen LogP contribution in [0.3, 0.4) is 0 Å². The van der Waals surface area contributed by atoms with Gasteiger partial charge in [-0.2, -0.15) is 23.3 Å². The van der Waals surface area contributed by atoms with E-state index in [-0.39, 0.29) is 11.3 Å². The van der Waals surface area contributed by atoms with Crippen LogP contribution in [0.4, 0.5) is 13.2 Å². The van der Waals surface area contributed by atoms with Gasteiger partial charge in [-0.25, -0.2) is 9.50 Å². The zero-order valence-corrected chi connectivity index (χ0v) is 10.4. The second-order valence-corrected chi connectivity index (χ2v) is 4.20. The molecule has 0 saturated carbocycles. The largest absolute Gasteiger partial charge is 0.434 e. The van der Waals surface area contributed by atoms with Gasteiger partial charge in [0.15, 0.2) is 11.5 Å². The summed E-state index contributed by atoms with van der Waals surface area (Å²) in [5, 5.41) is 3.70. The van der Waals surface area contributed by atoms with E-state index in [1.807, 2.05) is 0 Å². The van der Waals surface area contributed by atoms with Crippen LogP contribution in [0.15, 0.2) is 42.9 Å². The summed E-state index contributed by atoms with van der Waals surface area (Å²) < 4.78 is 40.3. The van der Waals surface area contributed by atoms with Crippen molar-refractivity contribution in [3.8, 4) is 0 Å². The van der Waals surface area contributed by atoms with E-state index in [0.717, 1.165) is 17.0 Å². The number of halogens is 3. The molecule has 0 unspecified atom stereocenters. The Balaban J connectivity index is 2.22. The number of alkyl halides is 3. The molecule has 2 heterocycles. The zero-order valence-electron chi connectivity index (χ0n) is 10.4. The van der Waals surface area contributed by atoms with E-state index in [9.17, 15) is 18.0 Å². The van der Waals surface area contributed by atoms with E-state index in [0.29, 0.717) is 0 Å². The Morgan fingerprint density at radius 1 is 1.14 bits per heavy atom. The Bertz CT molecular complexity index is 811. The number of benzene rings is 1. The molecular formula is C13H7F3N4O. The molecule has 0 N–H and O–H groups in total. The summed E-state index contributed by atoms with van der Waals surface area (Å²) in [6.45, 7) is 0. The molecule has 3 aromatic rings. The maximum absolute atomic E-state index is 13.1. The van der Waals surface area contributed by atoms with E-state index in [1.54, 1.807) is 18.2 Å². The Kier molecular flexibility index (Phi) is 2.93. The predicted octanol–water partition coefficient (Wildman–Crippen LogP) is 2.37. The van der Waals surface area contributed by atoms with Gasteiger partial charge in [0.25, 0.3) is 5.78 Å². The Labute approximate surface area is 116 Å². The Morgan fingerprint density at radius 2 is 1.86 bits per heavy atom. The summed E-state index contributed by atoms with van der Waals surface area (Å²) in [7, 11) is 0. The van der Waals surface area contributed by atoms with Crippen LogP contribution in [-0.4, -0.2) is 25.4 Å². The van der Waals surface area contributed by atoms with E-state index in [2.05, 4.69) is 15.1 Å². The predicted molar refractivity (Wildman–Crippen MR) is 65.7 cm³/mol. The average Bonchev–Trinajstić information content (AvgIpc) is 2.92. The molecule has 0 atom stereocenters. The molecule has 0 spiro atoms. The third-order valence-electron chi connectivity index (χ3n) is 2.82. The van der Waals surface area contributed by atoms with Gasteiger partial charge in [-0.05, 0) is 0 Å². The van der Waals surface area contributed by atoms with Crippen molar-refractivity contribution in [3.63, 3.8) is 0 Å². The first kappa shape index (κ1) is 13.2. The van der Waals surface area contributed by atoms with Gasteiger partial charge < -0.3 is 0 Å². The minimum atomic E-state index is -4.76. The maximum Gasteiger partial charge on any atom is 0.434 e. The fourth-order valence-corrected chi connectivity index (χ4v) is 1.89. The van der Waals surface area contributed by atoms with Crippen LogP contribution in [0, 0.1) is 0 Å². The molecule has 106 valence electrons. The van der Waals surface area contributed by atoms with E-state index in [1.165, 1.54) is 12.1 Å². The van der Waals surface area contributed by atoms with Gasteiger partial charge in [-0.15, -0.1) is 0 Å². The summed E-state index contributed by atoms with van der Waals surface area (Å²) in [5.74, 6) is -0.986. The zero-order chi connectivity index (χ0) is 15.0. The number of fused-ring (bicyclic) bond motifs is 1. The van der Waals surface area contributed by atoms with Gasteiger partial charge in [0.05, 0.1) is 5.56 Å². The van der Waals surface area contributed by atoms with Crippen molar-refractivity contribution in [2.24, 2.45) is 0 Å². The molecule has 3 rings (SSSR count). The van der Waals surface area contributed by atoms with Crippen molar-refractivity contribution in [1.82, 2.24) is 19.6 Å². The highest BCUT2D eigenvalue weighted by Crippen LogP contribution is 2.31. The number of rotatable bonds is 2. The third-order valence-corrected chi connectivity index (χ3v) is 2.82. The first-order valence-electron chi connectivity index (χ1n) is 5.84. The summed E-state index contributed by atoms with van der Waals surface area (Å²) in [5.41, 5.74) is -1.69. The summed E-state index contributed by atoms with van der Waals surface area (Å²) in [4.78, 5) is 19.3. The van der Waals surface area contributed by atoms with E-state index in [4.69, 9.17) is 0 Å². The van der Waals surface area contributed by atoms with Crippen LogP contribution in [0.1, 0.15) is 21.6 Å². The Morgan fingerprint density at radius 3 is 2.52 bits per heavy atom. The molecule has 0 aliphatic heterocycles. The van der Waals surface area contributed by atoms with Crippen LogP contribution in [0.2, 0.25) is 0 Å². The van der Waals surface area contributed by atoms with Crippen molar-refractivity contribution in [2.75, 3.05) is 0 Å². The quantitative estimate of drug-likeness (QED) is 0.680. The number of aromatic nitrogens is 4. The molecule has 0 amide bonds. The van der Waals surface area contributed by atoms with Crippen LogP contribution in [-0.2, 0) is 6.18 Å². The number of carbonyl (C=O) groups is 1. The lowest BCUT2D eigenvalue weighted by atomic mass is 10.0. The SMILES string of the molecule is O=C(c1ccccc1)c1cn2ncnc2nc1C(F)(F)F. The second kappa shape index (κ2) is 4.65. The monoisotopic (exact) mass is 292 g/mol. The van der Waals surface area contributed by atoms with Crippen LogP contribution < -0.4 is 0 Å². The molecule has 8 heteroatoms. The molecule has 0 fully saturated rings. The van der Waals surface area contributed by atoms with Gasteiger partial charge in [0.1, 0.15) is 6.33 Å². The molecule has 0 saturated heterocycles. The smallest absolute Gasteiger partial charge is 0.288 e. The average molecular weight is 292 g/mol. The second-order valence-electron chi connectivity index (χ2n) is 4.20. The van der Waals surface area contributed by atoms with Crippen molar-refractivity contribution in [3.05, 3.63) is 59.7 Å². The van der Waals surface area contributed by atoms with Crippen LogP contribution in [0.25, 0.3) is 5.78 Å². The highest BCUT2D eigenvalue weighted by molar-refractivity contribution is 6.09. The highest BCUT2D eigenvalue weighted by Gasteiger charge is 2.38. The van der Waals surface area contributed by atoms with E-state index >= 15 is 0 Å². The van der Waals surface area contributed by atoms with Crippen molar-refractivity contribution >= 4 is 11.6 Å². The minimum absolute atomic E-state index is 0.143. The first-order chi connectivity index (χ1) is 9.97. The molecule has 2 aromatic heterocycles. The summed E-state index contributed by atoms with van der Waals surface area (Å²) in [6.07, 6.45) is -2.69. The summed E-state index contributed by atoms with van der Waals surface area (Å²) >= 11 is 0. The molecule has 5 nitrogen and oxygen atoms in total.